The Kier molecular flexibility index (Phi) is 3.12. The van der Waals surface area contributed by atoms with Crippen molar-refractivity contribution in [2.75, 3.05) is 0 Å². The molecule has 0 amide bonds. The van der Waals surface area contributed by atoms with Gasteiger partial charge in [0, 0.05) is 0 Å². The van der Waals surface area contributed by atoms with Gasteiger partial charge in [-0.15, -0.1) is 21.8 Å². The minimum absolute atomic E-state index is 0.160. The molecule has 23 heavy (non-hydrogen) atoms. The summed E-state index contributed by atoms with van der Waals surface area (Å²) in [6.45, 7) is 0. The molecule has 5 nitrogen and oxygen atoms in total. The lowest BCUT2D eigenvalue weighted by atomic mass is 10.2. The molecule has 0 bridgehead atoms. The molecule has 4 rings (SSSR count). The average molecular weight is 329 g/mol. The summed E-state index contributed by atoms with van der Waals surface area (Å²) < 4.78 is 16.3. The van der Waals surface area contributed by atoms with E-state index in [2.05, 4.69) is 10.2 Å². The number of fused-ring (bicyclic) bond motifs is 3. The van der Waals surface area contributed by atoms with Crippen molar-refractivity contribution in [1.82, 2.24) is 19.2 Å². The zero-order valence-corrected chi connectivity index (χ0v) is 12.5. The van der Waals surface area contributed by atoms with Gasteiger partial charge in [0.1, 0.15) is 5.82 Å². The Hall–Kier alpha value is -2.73. The Bertz CT molecular complexity index is 1090. The summed E-state index contributed by atoms with van der Waals surface area (Å²) in [5, 5.41) is 8.66. The summed E-state index contributed by atoms with van der Waals surface area (Å²) in [5.74, 6) is 0.665. The van der Waals surface area contributed by atoms with Crippen LogP contribution in [0.1, 0.15) is 5.82 Å². The SMILES string of the molecule is O=c1c2ccccc2n2c(CCl)nnc2n1-c1ccc(F)cc1. The molecule has 0 aliphatic heterocycles. The number of hydrogen-bond acceptors (Lipinski definition) is 3. The first kappa shape index (κ1) is 13.9. The number of benzene rings is 2. The number of para-hydroxylation sites is 1. The second-order valence-corrected chi connectivity index (χ2v) is 5.29. The van der Waals surface area contributed by atoms with Gasteiger partial charge in [-0.3, -0.25) is 9.20 Å². The average Bonchev–Trinajstić information content (AvgIpc) is 3.00. The highest BCUT2D eigenvalue weighted by Crippen LogP contribution is 2.18. The van der Waals surface area contributed by atoms with E-state index in [0.717, 1.165) is 0 Å². The molecule has 7 heteroatoms. The number of rotatable bonds is 2. The summed E-state index contributed by atoms with van der Waals surface area (Å²) in [6.07, 6.45) is 0. The second-order valence-electron chi connectivity index (χ2n) is 5.02. The van der Waals surface area contributed by atoms with Crippen molar-refractivity contribution >= 4 is 28.3 Å². The van der Waals surface area contributed by atoms with Crippen LogP contribution in [-0.4, -0.2) is 19.2 Å². The van der Waals surface area contributed by atoms with Crippen LogP contribution in [0.25, 0.3) is 22.4 Å². The van der Waals surface area contributed by atoms with Crippen LogP contribution in [0, 0.1) is 5.82 Å². The highest BCUT2D eigenvalue weighted by atomic mass is 35.5. The predicted molar refractivity (Wildman–Crippen MR) is 85.6 cm³/mol. The minimum Gasteiger partial charge on any atom is -0.268 e. The lowest BCUT2D eigenvalue weighted by Crippen LogP contribution is -2.22. The van der Waals surface area contributed by atoms with E-state index in [1.165, 1.54) is 28.8 Å². The van der Waals surface area contributed by atoms with Crippen LogP contribution in [0.15, 0.2) is 53.3 Å². The monoisotopic (exact) mass is 328 g/mol. The van der Waals surface area contributed by atoms with Gasteiger partial charge in [0.05, 0.1) is 22.5 Å². The lowest BCUT2D eigenvalue weighted by Gasteiger charge is -2.11. The van der Waals surface area contributed by atoms with Crippen molar-refractivity contribution in [2.24, 2.45) is 0 Å². The van der Waals surface area contributed by atoms with Gasteiger partial charge in [0.25, 0.3) is 5.56 Å². The summed E-state index contributed by atoms with van der Waals surface area (Å²) in [7, 11) is 0. The van der Waals surface area contributed by atoms with Crippen molar-refractivity contribution in [2.45, 2.75) is 5.88 Å². The number of nitrogens with zero attached hydrogens (tertiary/aromatic N) is 4. The van der Waals surface area contributed by atoms with Crippen molar-refractivity contribution < 1.29 is 4.39 Å². The molecular weight excluding hydrogens is 319 g/mol. The number of aromatic nitrogens is 4. The van der Waals surface area contributed by atoms with Gasteiger partial charge < -0.3 is 0 Å². The molecular formula is C16H10ClFN4O. The van der Waals surface area contributed by atoms with E-state index in [1.54, 1.807) is 16.5 Å². The quantitative estimate of drug-likeness (QED) is 0.532. The summed E-state index contributed by atoms with van der Waals surface area (Å²) in [5.41, 5.74) is 0.959. The molecule has 2 heterocycles. The molecule has 0 saturated carbocycles. The molecule has 0 aliphatic carbocycles. The van der Waals surface area contributed by atoms with Crippen LogP contribution in [0.5, 0.6) is 0 Å². The fourth-order valence-electron chi connectivity index (χ4n) is 2.67. The van der Waals surface area contributed by atoms with Gasteiger partial charge in [0.2, 0.25) is 5.78 Å². The summed E-state index contributed by atoms with van der Waals surface area (Å²) in [6, 6.07) is 12.8. The Morgan fingerprint density at radius 1 is 1.04 bits per heavy atom. The molecule has 0 radical (unpaired) electrons. The molecule has 0 unspecified atom stereocenters. The zero-order chi connectivity index (χ0) is 16.0. The van der Waals surface area contributed by atoms with Crippen molar-refractivity contribution in [3.8, 4) is 5.69 Å². The predicted octanol–water partition coefficient (Wildman–Crippen LogP) is 2.91. The lowest BCUT2D eigenvalue weighted by molar-refractivity contribution is 0.627. The topological polar surface area (TPSA) is 52.2 Å². The molecule has 2 aromatic carbocycles. The first-order valence-electron chi connectivity index (χ1n) is 6.90. The second kappa shape index (κ2) is 5.17. The summed E-state index contributed by atoms with van der Waals surface area (Å²) in [4.78, 5) is 12.9. The maximum Gasteiger partial charge on any atom is 0.267 e. The highest BCUT2D eigenvalue weighted by molar-refractivity contribution is 6.16. The third kappa shape index (κ3) is 2.03. The Labute approximate surface area is 134 Å². The van der Waals surface area contributed by atoms with E-state index in [-0.39, 0.29) is 17.3 Å². The summed E-state index contributed by atoms with van der Waals surface area (Å²) >= 11 is 5.95. The van der Waals surface area contributed by atoms with Gasteiger partial charge in [0.15, 0.2) is 5.82 Å². The molecule has 4 aromatic rings. The number of hydrogen-bond donors (Lipinski definition) is 0. The Balaban J connectivity index is 2.22. The van der Waals surface area contributed by atoms with E-state index in [0.29, 0.717) is 28.2 Å². The van der Waals surface area contributed by atoms with Gasteiger partial charge in [-0.05, 0) is 36.4 Å². The fourth-order valence-corrected chi connectivity index (χ4v) is 2.84. The molecule has 0 N–H and O–H groups in total. The van der Waals surface area contributed by atoms with Crippen LogP contribution >= 0.6 is 11.6 Å². The molecule has 0 saturated heterocycles. The maximum atomic E-state index is 13.2. The standard InChI is InChI=1S/C16H10ClFN4O/c17-9-14-19-20-16-21(11-7-5-10(18)6-8-11)15(23)12-3-1-2-4-13(12)22(14)16/h1-8H,9H2. The third-order valence-electron chi connectivity index (χ3n) is 3.70. The Morgan fingerprint density at radius 3 is 2.52 bits per heavy atom. The molecule has 0 spiro atoms. The molecule has 114 valence electrons. The van der Waals surface area contributed by atoms with Gasteiger partial charge >= 0.3 is 0 Å². The molecule has 2 aromatic heterocycles. The van der Waals surface area contributed by atoms with E-state index >= 15 is 0 Å². The van der Waals surface area contributed by atoms with Crippen LogP contribution in [-0.2, 0) is 5.88 Å². The van der Waals surface area contributed by atoms with Crippen LogP contribution < -0.4 is 5.56 Å². The molecule has 0 atom stereocenters. The highest BCUT2D eigenvalue weighted by Gasteiger charge is 2.16. The molecule has 0 aliphatic rings. The van der Waals surface area contributed by atoms with Crippen LogP contribution in [0.4, 0.5) is 4.39 Å². The largest absolute Gasteiger partial charge is 0.268 e. The number of halogens is 2. The van der Waals surface area contributed by atoms with Crippen LogP contribution in [0.2, 0.25) is 0 Å². The fraction of sp³-hybridized carbons (Fsp3) is 0.0625. The van der Waals surface area contributed by atoms with E-state index in [9.17, 15) is 9.18 Å². The van der Waals surface area contributed by atoms with Gasteiger partial charge in [-0.1, -0.05) is 12.1 Å². The third-order valence-corrected chi connectivity index (χ3v) is 3.93. The van der Waals surface area contributed by atoms with Crippen molar-refractivity contribution in [3.63, 3.8) is 0 Å². The first-order valence-corrected chi connectivity index (χ1v) is 7.44. The minimum atomic E-state index is -0.374. The zero-order valence-electron chi connectivity index (χ0n) is 11.8. The van der Waals surface area contributed by atoms with Gasteiger partial charge in [-0.25, -0.2) is 8.96 Å². The van der Waals surface area contributed by atoms with Gasteiger partial charge in [-0.2, -0.15) is 0 Å². The normalized spacial score (nSPS) is 11.4. The van der Waals surface area contributed by atoms with E-state index in [1.807, 2.05) is 12.1 Å². The molecule has 0 fully saturated rings. The maximum absolute atomic E-state index is 13.2. The smallest absolute Gasteiger partial charge is 0.267 e. The van der Waals surface area contributed by atoms with E-state index < -0.39 is 0 Å². The Morgan fingerprint density at radius 2 is 1.78 bits per heavy atom. The van der Waals surface area contributed by atoms with Crippen molar-refractivity contribution in [1.29, 1.82) is 0 Å². The number of alkyl halides is 1. The first-order chi connectivity index (χ1) is 11.2. The van der Waals surface area contributed by atoms with Crippen LogP contribution in [0.3, 0.4) is 0 Å². The van der Waals surface area contributed by atoms with E-state index in [4.69, 9.17) is 11.6 Å². The van der Waals surface area contributed by atoms with Crippen molar-refractivity contribution in [3.05, 3.63) is 70.5 Å².